The number of rotatable bonds is 4. The van der Waals surface area contributed by atoms with Crippen molar-refractivity contribution in [1.29, 1.82) is 5.26 Å². The lowest BCUT2D eigenvalue weighted by molar-refractivity contribution is 0.416. The predicted molar refractivity (Wildman–Crippen MR) is 80.5 cm³/mol. The Hall–Kier alpha value is -1.56. The van der Waals surface area contributed by atoms with Crippen LogP contribution in [0.3, 0.4) is 0 Å². The second kappa shape index (κ2) is 5.83. The summed E-state index contributed by atoms with van der Waals surface area (Å²) in [5.41, 5.74) is 0.675. The molecule has 0 saturated carbocycles. The molecular formula is C12H9BrN2O3S2. The Morgan fingerprint density at radius 2 is 2.15 bits per heavy atom. The van der Waals surface area contributed by atoms with Crippen molar-refractivity contribution in [3.63, 3.8) is 0 Å². The van der Waals surface area contributed by atoms with Crippen molar-refractivity contribution >= 4 is 43.0 Å². The third kappa shape index (κ3) is 2.95. The first kappa shape index (κ1) is 14.8. The molecule has 0 atom stereocenters. The second-order valence-corrected chi connectivity index (χ2v) is 7.34. The number of thiophene rings is 1. The molecule has 2 rings (SSSR count). The molecule has 0 fully saturated rings. The van der Waals surface area contributed by atoms with E-state index in [1.165, 1.54) is 25.3 Å². The summed E-state index contributed by atoms with van der Waals surface area (Å²) in [6.45, 7) is 0. The van der Waals surface area contributed by atoms with Crippen molar-refractivity contribution in [2.24, 2.45) is 0 Å². The van der Waals surface area contributed by atoms with Crippen LogP contribution in [0.5, 0.6) is 5.75 Å². The SMILES string of the molecule is COc1cc(C#N)ccc1NS(=O)(=O)c1sccc1Br. The minimum absolute atomic E-state index is 0.184. The number of nitrogens with zero attached hydrogens (tertiary/aromatic N) is 1. The highest BCUT2D eigenvalue weighted by atomic mass is 79.9. The summed E-state index contributed by atoms with van der Waals surface area (Å²) in [6.07, 6.45) is 0. The van der Waals surface area contributed by atoms with Crippen LogP contribution >= 0.6 is 27.3 Å². The van der Waals surface area contributed by atoms with E-state index in [0.717, 1.165) is 11.3 Å². The molecule has 1 N–H and O–H groups in total. The molecule has 0 spiro atoms. The fraction of sp³-hybridized carbons (Fsp3) is 0.0833. The van der Waals surface area contributed by atoms with Gasteiger partial charge in [-0.1, -0.05) is 0 Å². The molecule has 1 aromatic carbocycles. The van der Waals surface area contributed by atoms with Gasteiger partial charge >= 0.3 is 0 Å². The van der Waals surface area contributed by atoms with Crippen molar-refractivity contribution in [2.75, 3.05) is 11.8 Å². The summed E-state index contributed by atoms with van der Waals surface area (Å²) >= 11 is 4.30. The van der Waals surface area contributed by atoms with E-state index >= 15 is 0 Å². The van der Waals surface area contributed by atoms with Crippen LogP contribution in [0.1, 0.15) is 5.56 Å². The zero-order chi connectivity index (χ0) is 14.8. The van der Waals surface area contributed by atoms with Crippen LogP contribution < -0.4 is 9.46 Å². The van der Waals surface area contributed by atoms with Crippen molar-refractivity contribution in [1.82, 2.24) is 0 Å². The second-order valence-electron chi connectivity index (χ2n) is 3.69. The average molecular weight is 373 g/mol. The molecule has 1 aromatic heterocycles. The third-order valence-electron chi connectivity index (χ3n) is 2.40. The number of ether oxygens (including phenoxy) is 1. The highest BCUT2D eigenvalue weighted by Gasteiger charge is 2.21. The molecule has 0 radical (unpaired) electrons. The molecule has 20 heavy (non-hydrogen) atoms. The quantitative estimate of drug-likeness (QED) is 0.893. The Morgan fingerprint density at radius 3 is 2.70 bits per heavy atom. The molecule has 1 heterocycles. The standard InChI is InChI=1S/C12H9BrN2O3S2/c1-18-11-6-8(7-14)2-3-10(11)15-20(16,17)12-9(13)4-5-19-12/h2-6,15H,1H3. The number of benzene rings is 1. The largest absolute Gasteiger partial charge is 0.495 e. The number of methoxy groups -OCH3 is 1. The predicted octanol–water partition coefficient (Wildman–Crippen LogP) is 3.19. The van der Waals surface area contributed by atoms with E-state index in [9.17, 15) is 8.42 Å². The lowest BCUT2D eigenvalue weighted by Crippen LogP contribution is -2.12. The molecule has 8 heteroatoms. The smallest absolute Gasteiger partial charge is 0.272 e. The lowest BCUT2D eigenvalue weighted by Gasteiger charge is -2.11. The Kier molecular flexibility index (Phi) is 4.32. The Balaban J connectivity index is 2.40. The van der Waals surface area contributed by atoms with E-state index in [0.29, 0.717) is 15.8 Å². The van der Waals surface area contributed by atoms with Crippen LogP contribution in [0.2, 0.25) is 0 Å². The Bertz CT molecular complexity index is 778. The van der Waals surface area contributed by atoms with Gasteiger partial charge in [-0.2, -0.15) is 5.26 Å². The minimum atomic E-state index is -3.69. The maximum atomic E-state index is 12.3. The third-order valence-corrected chi connectivity index (χ3v) is 6.44. The van der Waals surface area contributed by atoms with E-state index in [-0.39, 0.29) is 9.90 Å². The summed E-state index contributed by atoms with van der Waals surface area (Å²) in [5.74, 6) is 0.292. The monoisotopic (exact) mass is 372 g/mol. The van der Waals surface area contributed by atoms with Gasteiger partial charge in [-0.3, -0.25) is 4.72 Å². The first-order chi connectivity index (χ1) is 9.47. The van der Waals surface area contributed by atoms with Crippen LogP contribution in [0.15, 0.2) is 38.3 Å². The number of halogens is 1. The molecule has 2 aromatic rings. The van der Waals surface area contributed by atoms with E-state index in [1.54, 1.807) is 11.4 Å². The maximum Gasteiger partial charge on any atom is 0.272 e. The van der Waals surface area contributed by atoms with Gasteiger partial charge in [0.1, 0.15) is 5.75 Å². The summed E-state index contributed by atoms with van der Waals surface area (Å²) in [5, 5.41) is 10.5. The zero-order valence-electron chi connectivity index (χ0n) is 10.3. The van der Waals surface area contributed by atoms with Crippen LogP contribution in [0.25, 0.3) is 0 Å². The van der Waals surface area contributed by atoms with Crippen molar-refractivity contribution in [3.05, 3.63) is 39.7 Å². The fourth-order valence-corrected chi connectivity index (χ4v) is 4.92. The van der Waals surface area contributed by atoms with E-state index in [1.807, 2.05) is 6.07 Å². The number of hydrogen-bond acceptors (Lipinski definition) is 5. The molecule has 0 aliphatic carbocycles. The summed E-state index contributed by atoms with van der Waals surface area (Å²) in [7, 11) is -2.28. The molecule has 0 unspecified atom stereocenters. The molecule has 0 bridgehead atoms. The van der Waals surface area contributed by atoms with Gasteiger partial charge in [0.05, 0.1) is 24.4 Å². The van der Waals surface area contributed by atoms with Gasteiger partial charge in [-0.05, 0) is 39.5 Å². The Morgan fingerprint density at radius 1 is 1.40 bits per heavy atom. The lowest BCUT2D eigenvalue weighted by atomic mass is 10.2. The van der Waals surface area contributed by atoms with E-state index < -0.39 is 10.0 Å². The van der Waals surface area contributed by atoms with Crippen LogP contribution in [-0.4, -0.2) is 15.5 Å². The molecule has 0 amide bonds. The van der Waals surface area contributed by atoms with Crippen molar-refractivity contribution < 1.29 is 13.2 Å². The number of nitrogens with one attached hydrogen (secondary N) is 1. The average Bonchev–Trinajstić information content (AvgIpc) is 2.86. The van der Waals surface area contributed by atoms with Crippen LogP contribution in [0.4, 0.5) is 5.69 Å². The summed E-state index contributed by atoms with van der Waals surface area (Å²) in [6, 6.07) is 8.12. The Labute approximate surface area is 129 Å². The van der Waals surface area contributed by atoms with Gasteiger partial charge in [-0.25, -0.2) is 8.42 Å². The van der Waals surface area contributed by atoms with Gasteiger partial charge in [0.2, 0.25) is 0 Å². The maximum absolute atomic E-state index is 12.3. The summed E-state index contributed by atoms with van der Waals surface area (Å²) < 4.78 is 32.7. The van der Waals surface area contributed by atoms with Gasteiger partial charge in [-0.15, -0.1) is 11.3 Å². The summed E-state index contributed by atoms with van der Waals surface area (Å²) in [4.78, 5) is 0. The number of anilines is 1. The zero-order valence-corrected chi connectivity index (χ0v) is 13.5. The normalized spacial score (nSPS) is 10.8. The fourth-order valence-electron chi connectivity index (χ4n) is 1.51. The molecule has 104 valence electrons. The van der Waals surface area contributed by atoms with Crippen LogP contribution in [0, 0.1) is 11.3 Å². The minimum Gasteiger partial charge on any atom is -0.495 e. The van der Waals surface area contributed by atoms with Gasteiger partial charge in [0.15, 0.2) is 4.21 Å². The van der Waals surface area contributed by atoms with E-state index in [2.05, 4.69) is 20.7 Å². The van der Waals surface area contributed by atoms with Crippen LogP contribution in [-0.2, 0) is 10.0 Å². The van der Waals surface area contributed by atoms with Crippen molar-refractivity contribution in [3.8, 4) is 11.8 Å². The molecule has 5 nitrogen and oxygen atoms in total. The van der Waals surface area contributed by atoms with Gasteiger partial charge in [0.25, 0.3) is 10.0 Å². The highest BCUT2D eigenvalue weighted by Crippen LogP contribution is 2.32. The molecule has 0 aliphatic rings. The van der Waals surface area contributed by atoms with Gasteiger partial charge in [0, 0.05) is 10.5 Å². The topological polar surface area (TPSA) is 79.2 Å². The molecule has 0 aliphatic heterocycles. The van der Waals surface area contributed by atoms with E-state index in [4.69, 9.17) is 10.00 Å². The van der Waals surface area contributed by atoms with Crippen molar-refractivity contribution in [2.45, 2.75) is 4.21 Å². The molecular weight excluding hydrogens is 364 g/mol. The molecule has 0 saturated heterocycles. The highest BCUT2D eigenvalue weighted by molar-refractivity contribution is 9.10. The first-order valence-corrected chi connectivity index (χ1v) is 8.47. The number of nitriles is 1. The number of hydrogen-bond donors (Lipinski definition) is 1. The number of sulfonamides is 1. The van der Waals surface area contributed by atoms with Gasteiger partial charge < -0.3 is 4.74 Å². The first-order valence-electron chi connectivity index (χ1n) is 5.32.